The van der Waals surface area contributed by atoms with Gasteiger partial charge in [0.2, 0.25) is 17.6 Å². The Morgan fingerprint density at radius 2 is 2.08 bits per heavy atom. The Balaban J connectivity index is 1.38. The van der Waals surface area contributed by atoms with E-state index in [2.05, 4.69) is 20.7 Å². The van der Waals surface area contributed by atoms with Gasteiger partial charge in [0.25, 0.3) is 0 Å². The van der Waals surface area contributed by atoms with E-state index < -0.39 is 6.04 Å². The van der Waals surface area contributed by atoms with E-state index in [4.69, 9.17) is 18.6 Å². The second-order valence-corrected chi connectivity index (χ2v) is 10.1. The van der Waals surface area contributed by atoms with Gasteiger partial charge in [0.05, 0.1) is 33.1 Å². The maximum atomic E-state index is 13.8. The van der Waals surface area contributed by atoms with Crippen LogP contribution in [0.1, 0.15) is 29.5 Å². The average Bonchev–Trinajstić information content (AvgIpc) is 3.80. The first kappa shape index (κ1) is 27.3. The van der Waals surface area contributed by atoms with Crippen LogP contribution in [-0.2, 0) is 27.4 Å². The molecule has 0 aliphatic carbocycles. The van der Waals surface area contributed by atoms with E-state index in [1.54, 1.807) is 44.6 Å². The SMILES string of the molecule is COc1ccc(-c2nnn(CC(=O)N(Cc3ccco3)[C@H](C(=O)NC[C@H]3CCCO3)c3cccs3)n2)cc1OC. The summed E-state index contributed by atoms with van der Waals surface area (Å²) in [4.78, 5) is 30.8. The number of aromatic nitrogens is 4. The number of ether oxygens (including phenoxy) is 3. The van der Waals surface area contributed by atoms with Crippen molar-refractivity contribution in [2.45, 2.75) is 38.1 Å². The van der Waals surface area contributed by atoms with Crippen molar-refractivity contribution >= 4 is 23.2 Å². The van der Waals surface area contributed by atoms with Crippen molar-refractivity contribution in [2.24, 2.45) is 0 Å². The van der Waals surface area contributed by atoms with E-state index in [1.807, 2.05) is 17.5 Å². The van der Waals surface area contributed by atoms with Gasteiger partial charge >= 0.3 is 0 Å². The third kappa shape index (κ3) is 6.32. The zero-order valence-electron chi connectivity index (χ0n) is 22.2. The van der Waals surface area contributed by atoms with Crippen molar-refractivity contribution in [1.82, 2.24) is 30.4 Å². The third-order valence-corrected chi connectivity index (χ3v) is 7.42. The van der Waals surface area contributed by atoms with Gasteiger partial charge < -0.3 is 28.8 Å². The van der Waals surface area contributed by atoms with E-state index in [1.165, 1.54) is 27.3 Å². The first-order chi connectivity index (χ1) is 19.6. The summed E-state index contributed by atoms with van der Waals surface area (Å²) in [6.45, 7) is 0.915. The quantitative estimate of drug-likeness (QED) is 0.275. The predicted molar refractivity (Wildman–Crippen MR) is 145 cm³/mol. The Kier molecular flexibility index (Phi) is 8.71. The smallest absolute Gasteiger partial charge is 0.248 e. The highest BCUT2D eigenvalue weighted by molar-refractivity contribution is 7.10. The number of benzene rings is 1. The van der Waals surface area contributed by atoms with Crippen LogP contribution in [0.3, 0.4) is 0 Å². The number of carbonyl (C=O) groups is 2. The number of carbonyl (C=O) groups excluding carboxylic acids is 2. The lowest BCUT2D eigenvalue weighted by atomic mass is 10.1. The first-order valence-electron chi connectivity index (χ1n) is 12.8. The van der Waals surface area contributed by atoms with Crippen LogP contribution >= 0.6 is 11.3 Å². The lowest BCUT2D eigenvalue weighted by Crippen LogP contribution is -2.45. The molecule has 0 bridgehead atoms. The first-order valence-corrected chi connectivity index (χ1v) is 13.7. The fraction of sp³-hybridized carbons (Fsp3) is 0.370. The molecule has 0 spiro atoms. The number of hydrogen-bond donors (Lipinski definition) is 1. The molecule has 5 rings (SSSR count). The molecule has 210 valence electrons. The fourth-order valence-corrected chi connectivity index (χ4v) is 5.33. The molecule has 4 aromatic rings. The number of amides is 2. The van der Waals surface area contributed by atoms with Crippen molar-refractivity contribution in [3.05, 3.63) is 64.7 Å². The molecule has 0 unspecified atom stereocenters. The zero-order chi connectivity index (χ0) is 27.9. The third-order valence-electron chi connectivity index (χ3n) is 6.50. The fourth-order valence-electron chi connectivity index (χ4n) is 4.49. The van der Waals surface area contributed by atoms with Crippen molar-refractivity contribution < 1.29 is 28.2 Å². The molecular weight excluding hydrogens is 536 g/mol. The van der Waals surface area contributed by atoms with Gasteiger partial charge in [0.1, 0.15) is 18.3 Å². The number of nitrogens with zero attached hydrogens (tertiary/aromatic N) is 5. The molecule has 13 heteroatoms. The number of rotatable bonds is 12. The second-order valence-electron chi connectivity index (χ2n) is 9.11. The van der Waals surface area contributed by atoms with Gasteiger partial charge in [-0.15, -0.1) is 21.5 Å². The molecule has 1 aliphatic rings. The lowest BCUT2D eigenvalue weighted by Gasteiger charge is -2.30. The molecule has 0 saturated carbocycles. The molecule has 1 aromatic carbocycles. The highest BCUT2D eigenvalue weighted by Crippen LogP contribution is 2.31. The van der Waals surface area contributed by atoms with E-state index >= 15 is 0 Å². The minimum absolute atomic E-state index is 0.0310. The van der Waals surface area contributed by atoms with Crippen LogP contribution in [0, 0.1) is 0 Å². The van der Waals surface area contributed by atoms with Crippen LogP contribution in [-0.4, -0.2) is 70.4 Å². The number of nitrogens with one attached hydrogen (secondary N) is 1. The Labute approximate surface area is 234 Å². The molecule has 3 aromatic heterocycles. The molecule has 2 atom stereocenters. The molecule has 2 amide bonds. The van der Waals surface area contributed by atoms with Gasteiger partial charge in [-0.05, 0) is 59.8 Å². The van der Waals surface area contributed by atoms with Gasteiger partial charge in [-0.3, -0.25) is 9.59 Å². The summed E-state index contributed by atoms with van der Waals surface area (Å²) in [5.74, 6) is 1.27. The molecule has 1 N–H and O–H groups in total. The minimum atomic E-state index is -0.882. The van der Waals surface area contributed by atoms with Gasteiger partial charge in [0.15, 0.2) is 11.5 Å². The van der Waals surface area contributed by atoms with Crippen LogP contribution in [0.5, 0.6) is 11.5 Å². The molecule has 40 heavy (non-hydrogen) atoms. The normalized spacial score (nSPS) is 15.5. The summed E-state index contributed by atoms with van der Waals surface area (Å²) in [6, 6.07) is 11.6. The Morgan fingerprint density at radius 3 is 2.77 bits per heavy atom. The van der Waals surface area contributed by atoms with Gasteiger partial charge in [-0.1, -0.05) is 6.07 Å². The predicted octanol–water partition coefficient (Wildman–Crippen LogP) is 3.08. The molecule has 1 saturated heterocycles. The molecule has 0 radical (unpaired) electrons. The number of thiophene rings is 1. The maximum absolute atomic E-state index is 13.8. The Hall–Kier alpha value is -4.23. The average molecular weight is 567 g/mol. The summed E-state index contributed by atoms with van der Waals surface area (Å²) in [5, 5.41) is 17.5. The summed E-state index contributed by atoms with van der Waals surface area (Å²) in [5.41, 5.74) is 0.647. The molecule has 1 aliphatic heterocycles. The van der Waals surface area contributed by atoms with Gasteiger partial charge in [-0.2, -0.15) is 4.80 Å². The molecule has 4 heterocycles. The summed E-state index contributed by atoms with van der Waals surface area (Å²) >= 11 is 1.40. The van der Waals surface area contributed by atoms with E-state index in [-0.39, 0.29) is 31.0 Å². The van der Waals surface area contributed by atoms with Crippen LogP contribution in [0.15, 0.2) is 58.5 Å². The monoisotopic (exact) mass is 566 g/mol. The molecular formula is C27H30N6O6S. The summed E-state index contributed by atoms with van der Waals surface area (Å²) < 4.78 is 21.9. The highest BCUT2D eigenvalue weighted by Gasteiger charge is 2.34. The van der Waals surface area contributed by atoms with Crippen LogP contribution < -0.4 is 14.8 Å². The van der Waals surface area contributed by atoms with Crippen molar-refractivity contribution in [1.29, 1.82) is 0 Å². The summed E-state index contributed by atoms with van der Waals surface area (Å²) in [6.07, 6.45) is 3.36. The lowest BCUT2D eigenvalue weighted by molar-refractivity contribution is -0.142. The van der Waals surface area contributed by atoms with Crippen LogP contribution in [0.25, 0.3) is 11.4 Å². The summed E-state index contributed by atoms with van der Waals surface area (Å²) in [7, 11) is 3.09. The largest absolute Gasteiger partial charge is 0.493 e. The number of methoxy groups -OCH3 is 2. The Bertz CT molecular complexity index is 1400. The van der Waals surface area contributed by atoms with E-state index in [0.717, 1.165) is 17.7 Å². The standard InChI is InChI=1S/C27H30N6O6S/c1-36-21-10-9-18(14-22(21)37-2)26-29-31-33(30-26)17-24(34)32(16-20-7-4-12-39-20)25(23-8-5-13-40-23)27(35)28-15-19-6-3-11-38-19/h4-5,7-10,12-14,19,25H,3,6,11,15-17H2,1-2H3,(H,28,35)/t19-,25+/m1/s1. The zero-order valence-corrected chi connectivity index (χ0v) is 23.0. The van der Waals surface area contributed by atoms with E-state index in [0.29, 0.717) is 41.8 Å². The Morgan fingerprint density at radius 1 is 1.20 bits per heavy atom. The topological polar surface area (TPSA) is 134 Å². The number of tetrazole rings is 1. The minimum Gasteiger partial charge on any atom is -0.493 e. The van der Waals surface area contributed by atoms with Crippen molar-refractivity contribution in [2.75, 3.05) is 27.4 Å². The van der Waals surface area contributed by atoms with Gasteiger partial charge in [-0.25, -0.2) is 0 Å². The van der Waals surface area contributed by atoms with Gasteiger partial charge in [0, 0.05) is 23.6 Å². The van der Waals surface area contributed by atoms with Crippen molar-refractivity contribution in [3.63, 3.8) is 0 Å². The highest BCUT2D eigenvalue weighted by atomic mass is 32.1. The second kappa shape index (κ2) is 12.7. The number of hydrogen-bond acceptors (Lipinski definition) is 10. The van der Waals surface area contributed by atoms with Crippen LogP contribution in [0.4, 0.5) is 0 Å². The maximum Gasteiger partial charge on any atom is 0.248 e. The number of furan rings is 1. The van der Waals surface area contributed by atoms with Crippen molar-refractivity contribution in [3.8, 4) is 22.9 Å². The van der Waals surface area contributed by atoms with Crippen LogP contribution in [0.2, 0.25) is 0 Å². The van der Waals surface area contributed by atoms with E-state index in [9.17, 15) is 9.59 Å². The molecule has 12 nitrogen and oxygen atoms in total. The molecule has 1 fully saturated rings.